The molecule has 0 unspecified atom stereocenters. The quantitative estimate of drug-likeness (QED) is 0.371. The van der Waals surface area contributed by atoms with Gasteiger partial charge in [-0.25, -0.2) is 9.78 Å². The standard InChI is InChI=1S/C24H20Cl2N2O4S/c1-11(2)14-5-4-6-15-20-19(10-32-21(14)15)33-24(27-20)28-22(29)13-8-17(25)16(18(26)9-13)7-12(3)23(30)31/h4-9,11H,10H2,1-3H3,(H,30,31)(H,27,28,29). The Labute approximate surface area is 204 Å². The molecule has 2 aromatic carbocycles. The average Bonchev–Trinajstić information content (AvgIpc) is 3.18. The lowest BCUT2D eigenvalue weighted by Crippen LogP contribution is -2.12. The van der Waals surface area contributed by atoms with Gasteiger partial charge < -0.3 is 9.84 Å². The number of carboxylic acid groups (broad SMARTS) is 1. The van der Waals surface area contributed by atoms with Gasteiger partial charge in [-0.2, -0.15) is 0 Å². The number of nitrogens with zero attached hydrogens (tertiary/aromatic N) is 1. The number of carboxylic acids is 1. The van der Waals surface area contributed by atoms with Crippen molar-refractivity contribution in [3.63, 3.8) is 0 Å². The van der Waals surface area contributed by atoms with Crippen LogP contribution >= 0.6 is 34.5 Å². The number of aromatic nitrogens is 1. The van der Waals surface area contributed by atoms with Crippen molar-refractivity contribution < 1.29 is 19.4 Å². The van der Waals surface area contributed by atoms with Gasteiger partial charge in [0.15, 0.2) is 5.13 Å². The van der Waals surface area contributed by atoms with E-state index in [-0.39, 0.29) is 21.2 Å². The Morgan fingerprint density at radius 1 is 1.24 bits per heavy atom. The van der Waals surface area contributed by atoms with Gasteiger partial charge in [-0.3, -0.25) is 10.1 Å². The zero-order valence-electron chi connectivity index (χ0n) is 18.0. The maximum Gasteiger partial charge on any atom is 0.331 e. The first kappa shape index (κ1) is 23.3. The van der Waals surface area contributed by atoms with Crippen molar-refractivity contribution in [1.82, 2.24) is 4.98 Å². The summed E-state index contributed by atoms with van der Waals surface area (Å²) in [4.78, 5) is 29.5. The number of ether oxygens (including phenoxy) is 1. The minimum Gasteiger partial charge on any atom is -0.487 e. The van der Waals surface area contributed by atoms with E-state index in [2.05, 4.69) is 24.1 Å². The van der Waals surface area contributed by atoms with E-state index < -0.39 is 11.9 Å². The Morgan fingerprint density at radius 2 is 1.94 bits per heavy atom. The summed E-state index contributed by atoms with van der Waals surface area (Å²) in [5, 5.41) is 12.7. The SMILES string of the molecule is CC(=Cc1c(Cl)cc(C(=O)Nc2nc3c(s2)COc2c-3cccc2C(C)C)cc1Cl)C(=O)O. The van der Waals surface area contributed by atoms with Gasteiger partial charge in [0.05, 0.1) is 20.6 Å². The number of fused-ring (bicyclic) bond motifs is 3. The molecule has 0 radical (unpaired) electrons. The number of benzene rings is 2. The summed E-state index contributed by atoms with van der Waals surface area (Å²) in [6, 6.07) is 8.90. The Balaban J connectivity index is 1.61. The molecule has 1 aromatic heterocycles. The van der Waals surface area contributed by atoms with Crippen LogP contribution in [0, 0.1) is 0 Å². The summed E-state index contributed by atoms with van der Waals surface area (Å²) >= 11 is 13.9. The molecule has 0 saturated carbocycles. The fraction of sp³-hybridized carbons (Fsp3) is 0.208. The predicted molar refractivity (Wildman–Crippen MR) is 132 cm³/mol. The van der Waals surface area contributed by atoms with Crippen molar-refractivity contribution >= 4 is 57.6 Å². The van der Waals surface area contributed by atoms with Crippen LogP contribution in [0.15, 0.2) is 35.9 Å². The van der Waals surface area contributed by atoms with Gasteiger partial charge in [-0.05, 0) is 42.7 Å². The molecule has 0 aliphatic carbocycles. The van der Waals surface area contributed by atoms with Gasteiger partial charge in [0.1, 0.15) is 12.4 Å². The third kappa shape index (κ3) is 4.62. The highest BCUT2D eigenvalue weighted by molar-refractivity contribution is 7.16. The van der Waals surface area contributed by atoms with E-state index in [1.165, 1.54) is 36.5 Å². The first-order valence-corrected chi connectivity index (χ1v) is 11.7. The number of hydrogen-bond acceptors (Lipinski definition) is 5. The number of aliphatic carboxylic acids is 1. The van der Waals surface area contributed by atoms with E-state index in [1.807, 2.05) is 18.2 Å². The molecule has 1 amide bonds. The van der Waals surface area contributed by atoms with Crippen LogP contribution in [0.1, 0.15) is 53.1 Å². The largest absolute Gasteiger partial charge is 0.487 e. The van der Waals surface area contributed by atoms with Crippen molar-refractivity contribution in [2.75, 3.05) is 5.32 Å². The zero-order valence-corrected chi connectivity index (χ0v) is 20.4. The minimum absolute atomic E-state index is 0.0764. The van der Waals surface area contributed by atoms with E-state index in [0.29, 0.717) is 23.2 Å². The second-order valence-corrected chi connectivity index (χ2v) is 9.80. The van der Waals surface area contributed by atoms with E-state index >= 15 is 0 Å². The molecule has 2 N–H and O–H groups in total. The Morgan fingerprint density at radius 3 is 2.58 bits per heavy atom. The van der Waals surface area contributed by atoms with E-state index in [4.69, 9.17) is 33.0 Å². The number of nitrogens with one attached hydrogen (secondary N) is 1. The molecule has 0 atom stereocenters. The fourth-order valence-corrected chi connectivity index (χ4v) is 4.99. The molecule has 4 rings (SSSR count). The van der Waals surface area contributed by atoms with E-state index in [0.717, 1.165) is 27.4 Å². The Hall–Kier alpha value is -2.87. The Kier molecular flexibility index (Phi) is 6.47. The minimum atomic E-state index is -1.08. The first-order chi connectivity index (χ1) is 15.7. The van der Waals surface area contributed by atoms with Crippen molar-refractivity contribution in [3.8, 4) is 17.0 Å². The highest BCUT2D eigenvalue weighted by Gasteiger charge is 2.25. The molecule has 0 bridgehead atoms. The van der Waals surface area contributed by atoms with Crippen LogP contribution in [0.3, 0.4) is 0 Å². The fourth-order valence-electron chi connectivity index (χ4n) is 3.51. The molecule has 0 saturated heterocycles. The lowest BCUT2D eigenvalue weighted by atomic mass is 9.96. The summed E-state index contributed by atoms with van der Waals surface area (Å²) in [7, 11) is 0. The van der Waals surface area contributed by atoms with Crippen molar-refractivity contribution in [3.05, 3.63) is 67.5 Å². The van der Waals surface area contributed by atoms with Gasteiger partial charge in [-0.1, -0.05) is 60.5 Å². The highest BCUT2D eigenvalue weighted by atomic mass is 35.5. The van der Waals surface area contributed by atoms with Crippen LogP contribution in [0.2, 0.25) is 10.0 Å². The number of amides is 1. The van der Waals surface area contributed by atoms with Crippen LogP contribution in [0.4, 0.5) is 5.13 Å². The Bertz CT molecular complexity index is 1290. The average molecular weight is 503 g/mol. The lowest BCUT2D eigenvalue weighted by Gasteiger charge is -2.21. The first-order valence-electron chi connectivity index (χ1n) is 10.1. The molecule has 1 aliphatic heterocycles. The van der Waals surface area contributed by atoms with Crippen LogP contribution in [-0.2, 0) is 11.4 Å². The van der Waals surface area contributed by atoms with Gasteiger partial charge in [0.25, 0.3) is 5.91 Å². The number of carbonyl (C=O) groups excluding carboxylic acids is 1. The molecule has 1 aliphatic rings. The smallest absolute Gasteiger partial charge is 0.331 e. The van der Waals surface area contributed by atoms with Crippen LogP contribution in [-0.4, -0.2) is 22.0 Å². The maximum atomic E-state index is 12.9. The molecule has 0 spiro atoms. The molecule has 0 fully saturated rings. The van der Waals surface area contributed by atoms with Crippen LogP contribution < -0.4 is 10.1 Å². The number of thiazole rings is 1. The summed E-state index contributed by atoms with van der Waals surface area (Å²) < 4.78 is 6.01. The van der Waals surface area contributed by atoms with Gasteiger partial charge in [-0.15, -0.1) is 0 Å². The van der Waals surface area contributed by atoms with Crippen molar-refractivity contribution in [1.29, 1.82) is 0 Å². The molecular weight excluding hydrogens is 483 g/mol. The topological polar surface area (TPSA) is 88.5 Å². The summed E-state index contributed by atoms with van der Waals surface area (Å²) in [6.45, 7) is 6.05. The number of carbonyl (C=O) groups is 2. The van der Waals surface area contributed by atoms with Gasteiger partial charge in [0.2, 0.25) is 0 Å². The molecule has 3 aromatic rings. The predicted octanol–water partition coefficient (Wildman–Crippen LogP) is 6.87. The zero-order chi connectivity index (χ0) is 23.9. The molecule has 170 valence electrons. The van der Waals surface area contributed by atoms with E-state index in [1.54, 1.807) is 0 Å². The summed E-state index contributed by atoms with van der Waals surface area (Å²) in [5.41, 5.74) is 3.49. The van der Waals surface area contributed by atoms with Crippen LogP contribution in [0.25, 0.3) is 17.3 Å². The van der Waals surface area contributed by atoms with E-state index in [9.17, 15) is 9.59 Å². The second kappa shape index (κ2) is 9.17. The molecule has 9 heteroatoms. The van der Waals surface area contributed by atoms with Gasteiger partial charge in [0, 0.05) is 22.3 Å². The van der Waals surface area contributed by atoms with Crippen molar-refractivity contribution in [2.24, 2.45) is 0 Å². The van der Waals surface area contributed by atoms with Gasteiger partial charge >= 0.3 is 5.97 Å². The number of halogens is 2. The van der Waals surface area contributed by atoms with Crippen LogP contribution in [0.5, 0.6) is 5.75 Å². The highest BCUT2D eigenvalue weighted by Crippen LogP contribution is 2.44. The van der Waals surface area contributed by atoms with Crippen molar-refractivity contribution in [2.45, 2.75) is 33.3 Å². The maximum absolute atomic E-state index is 12.9. The number of para-hydroxylation sites is 1. The molecule has 2 heterocycles. The molecule has 6 nitrogen and oxygen atoms in total. The normalized spacial score (nSPS) is 12.7. The monoisotopic (exact) mass is 502 g/mol. The summed E-state index contributed by atoms with van der Waals surface area (Å²) in [5.74, 6) is -0.358. The lowest BCUT2D eigenvalue weighted by molar-refractivity contribution is -0.132. The number of rotatable bonds is 5. The molecular formula is C24H20Cl2N2O4S. The molecule has 33 heavy (non-hydrogen) atoms. The third-order valence-corrected chi connectivity index (χ3v) is 6.80. The summed E-state index contributed by atoms with van der Waals surface area (Å²) in [6.07, 6.45) is 1.37. The number of anilines is 1. The number of hydrogen-bond donors (Lipinski definition) is 2. The third-order valence-electron chi connectivity index (χ3n) is 5.23. The second-order valence-electron chi connectivity index (χ2n) is 7.90.